The Kier molecular flexibility index (Phi) is 4.32. The van der Waals surface area contributed by atoms with Crippen molar-refractivity contribution >= 4 is 28.8 Å². The lowest BCUT2D eigenvalue weighted by Gasteiger charge is -2.33. The van der Waals surface area contributed by atoms with Crippen LogP contribution in [-0.2, 0) is 5.21 Å². The molecule has 2 rings (SSSR count). The molecule has 0 fully saturated rings. The molecule has 1 atom stereocenters. The van der Waals surface area contributed by atoms with E-state index in [0.29, 0.717) is 5.71 Å². The monoisotopic (exact) mass is 318 g/mol. The Morgan fingerprint density at radius 2 is 1.91 bits per heavy atom. The normalized spacial score (nSPS) is 25.0. The molecule has 0 saturated heterocycles. The maximum atomic E-state index is 12.8. The van der Waals surface area contributed by atoms with Crippen LogP contribution in [0.15, 0.2) is 40.4 Å². The first-order chi connectivity index (χ1) is 10.2. The van der Waals surface area contributed by atoms with E-state index in [1.165, 1.54) is 0 Å². The molecular formula is C15H20N5OS. The van der Waals surface area contributed by atoms with Crippen LogP contribution >= 0.6 is 12.2 Å². The van der Waals surface area contributed by atoms with Gasteiger partial charge in [-0.2, -0.15) is 5.10 Å². The maximum Gasteiger partial charge on any atom is 0.184 e. The number of hydroxylamine groups is 2. The van der Waals surface area contributed by atoms with E-state index in [1.54, 1.807) is 13.8 Å². The fraction of sp³-hybridized carbons (Fsp3) is 0.400. The Labute approximate surface area is 135 Å². The van der Waals surface area contributed by atoms with E-state index in [2.05, 4.69) is 15.5 Å². The summed E-state index contributed by atoms with van der Waals surface area (Å²) in [5, 5.41) is 17.9. The first-order valence-electron chi connectivity index (χ1n) is 6.93. The number of nitrogens with zero attached hydrogens (tertiary/aromatic N) is 3. The zero-order valence-electron chi connectivity index (χ0n) is 13.1. The SMILES string of the molecule is C/C(=N\NC(N)=S)C1(C)N=C(c2ccccc2)C(C)(C)N1[O]. The number of hydrogen-bond acceptors (Lipinski definition) is 4. The highest BCUT2D eigenvalue weighted by atomic mass is 32.1. The zero-order valence-corrected chi connectivity index (χ0v) is 13.9. The number of nitrogens with two attached hydrogens (primary N) is 1. The fourth-order valence-corrected chi connectivity index (χ4v) is 2.57. The number of rotatable bonds is 3. The van der Waals surface area contributed by atoms with Gasteiger partial charge < -0.3 is 5.73 Å². The highest BCUT2D eigenvalue weighted by Gasteiger charge is 2.53. The third kappa shape index (κ3) is 2.75. The molecule has 0 aliphatic carbocycles. The topological polar surface area (TPSA) is 85.9 Å². The minimum Gasteiger partial charge on any atom is -0.375 e. The molecule has 0 saturated carbocycles. The van der Waals surface area contributed by atoms with Crippen molar-refractivity contribution in [1.29, 1.82) is 0 Å². The highest BCUT2D eigenvalue weighted by Crippen LogP contribution is 2.37. The summed E-state index contributed by atoms with van der Waals surface area (Å²) < 4.78 is 0. The lowest BCUT2D eigenvalue weighted by molar-refractivity contribution is -0.227. The smallest absolute Gasteiger partial charge is 0.184 e. The van der Waals surface area contributed by atoms with Gasteiger partial charge >= 0.3 is 0 Å². The first-order valence-corrected chi connectivity index (χ1v) is 7.34. The van der Waals surface area contributed by atoms with Gasteiger partial charge in [0.25, 0.3) is 0 Å². The number of thiocarbonyl (C=S) groups is 1. The quantitative estimate of drug-likeness (QED) is 0.506. The van der Waals surface area contributed by atoms with Gasteiger partial charge in [-0.25, -0.2) is 0 Å². The fourth-order valence-electron chi connectivity index (χ4n) is 2.53. The molecule has 1 unspecified atom stereocenters. The molecule has 1 aliphatic heterocycles. The van der Waals surface area contributed by atoms with Crippen molar-refractivity contribution in [2.75, 3.05) is 0 Å². The minimum absolute atomic E-state index is 0.0462. The van der Waals surface area contributed by atoms with Crippen molar-refractivity contribution in [1.82, 2.24) is 10.5 Å². The van der Waals surface area contributed by atoms with Crippen LogP contribution < -0.4 is 11.2 Å². The summed E-state index contributed by atoms with van der Waals surface area (Å²) in [6, 6.07) is 9.67. The molecule has 1 radical (unpaired) electrons. The van der Waals surface area contributed by atoms with Gasteiger partial charge in [-0.3, -0.25) is 10.4 Å². The number of nitrogens with one attached hydrogen (secondary N) is 1. The van der Waals surface area contributed by atoms with Gasteiger partial charge in [-0.15, -0.1) is 10.3 Å². The lowest BCUT2D eigenvalue weighted by atomic mass is 9.92. The second-order valence-electron chi connectivity index (χ2n) is 5.87. The van der Waals surface area contributed by atoms with Crippen molar-refractivity contribution in [2.24, 2.45) is 15.8 Å². The molecule has 3 N–H and O–H groups in total. The zero-order chi connectivity index (χ0) is 16.5. The standard InChI is InChI=1S/C15H20N5OS/c1-10(18-19-13(16)22)15(4)17-12(14(2,3)20(15)21)11-8-6-5-7-9-11/h5-9H,1-4H3,(H3,16,19,22)/b18-10+. The Balaban J connectivity index is 2.48. The van der Waals surface area contributed by atoms with Gasteiger partial charge in [0.15, 0.2) is 10.8 Å². The third-order valence-corrected chi connectivity index (χ3v) is 3.97. The summed E-state index contributed by atoms with van der Waals surface area (Å²) in [6.07, 6.45) is 0. The van der Waals surface area contributed by atoms with Crippen LogP contribution in [0.5, 0.6) is 0 Å². The van der Waals surface area contributed by atoms with Crippen molar-refractivity contribution in [3.05, 3.63) is 35.9 Å². The highest BCUT2D eigenvalue weighted by molar-refractivity contribution is 7.80. The van der Waals surface area contributed by atoms with Crippen LogP contribution in [-0.4, -0.2) is 32.8 Å². The van der Waals surface area contributed by atoms with Crippen LogP contribution in [0.4, 0.5) is 0 Å². The summed E-state index contributed by atoms with van der Waals surface area (Å²) in [7, 11) is 0. The second-order valence-corrected chi connectivity index (χ2v) is 6.31. The van der Waals surface area contributed by atoms with Gasteiger partial charge in [0.2, 0.25) is 0 Å². The Morgan fingerprint density at radius 3 is 2.45 bits per heavy atom. The van der Waals surface area contributed by atoms with Gasteiger partial charge in [-0.1, -0.05) is 30.3 Å². The summed E-state index contributed by atoms with van der Waals surface area (Å²) >= 11 is 4.73. The van der Waals surface area contributed by atoms with E-state index in [9.17, 15) is 5.21 Å². The molecular weight excluding hydrogens is 298 g/mol. The van der Waals surface area contributed by atoms with Crippen molar-refractivity contribution in [2.45, 2.75) is 38.9 Å². The molecule has 22 heavy (non-hydrogen) atoms. The van der Waals surface area contributed by atoms with Gasteiger partial charge in [0.05, 0.1) is 17.0 Å². The van der Waals surface area contributed by atoms with Crippen molar-refractivity contribution in [3.8, 4) is 0 Å². The van der Waals surface area contributed by atoms with E-state index >= 15 is 0 Å². The van der Waals surface area contributed by atoms with E-state index in [1.807, 2.05) is 44.2 Å². The van der Waals surface area contributed by atoms with Crippen LogP contribution in [0, 0.1) is 0 Å². The molecule has 1 aliphatic rings. The number of benzene rings is 1. The first kappa shape index (κ1) is 16.5. The van der Waals surface area contributed by atoms with Gasteiger partial charge in [-0.05, 0) is 45.5 Å². The predicted octanol–water partition coefficient (Wildman–Crippen LogP) is 1.84. The molecule has 0 bridgehead atoms. The summed E-state index contributed by atoms with van der Waals surface area (Å²) in [6.45, 7) is 7.16. The van der Waals surface area contributed by atoms with Gasteiger partial charge in [0.1, 0.15) is 0 Å². The number of aliphatic imine (C=N–C) groups is 1. The maximum absolute atomic E-state index is 12.8. The van der Waals surface area contributed by atoms with Crippen LogP contribution in [0.25, 0.3) is 0 Å². The summed E-state index contributed by atoms with van der Waals surface area (Å²) in [5.74, 6) is 0. The molecule has 0 aromatic heterocycles. The van der Waals surface area contributed by atoms with Crippen molar-refractivity contribution < 1.29 is 5.21 Å². The van der Waals surface area contributed by atoms with Crippen LogP contribution in [0.2, 0.25) is 0 Å². The predicted molar refractivity (Wildman–Crippen MR) is 91.0 cm³/mol. The third-order valence-electron chi connectivity index (χ3n) is 3.88. The Hall–Kier alpha value is -1.83. The van der Waals surface area contributed by atoms with E-state index < -0.39 is 11.2 Å². The average molecular weight is 318 g/mol. The van der Waals surface area contributed by atoms with E-state index in [-0.39, 0.29) is 5.11 Å². The lowest BCUT2D eigenvalue weighted by Crippen LogP contribution is -2.54. The molecule has 117 valence electrons. The Bertz CT molecular complexity index is 641. The van der Waals surface area contributed by atoms with E-state index in [4.69, 9.17) is 18.0 Å². The molecule has 1 aromatic carbocycles. The molecule has 0 amide bonds. The average Bonchev–Trinajstić information content (AvgIpc) is 2.67. The van der Waals surface area contributed by atoms with E-state index in [0.717, 1.165) is 16.3 Å². The Morgan fingerprint density at radius 1 is 1.32 bits per heavy atom. The molecule has 1 aromatic rings. The van der Waals surface area contributed by atoms with Crippen LogP contribution in [0.1, 0.15) is 33.3 Å². The second kappa shape index (κ2) is 5.75. The minimum atomic E-state index is -1.10. The van der Waals surface area contributed by atoms with Crippen LogP contribution in [0.3, 0.4) is 0 Å². The largest absolute Gasteiger partial charge is 0.375 e. The molecule has 0 spiro atoms. The molecule has 7 heteroatoms. The summed E-state index contributed by atoms with van der Waals surface area (Å²) in [4.78, 5) is 4.68. The van der Waals surface area contributed by atoms with Crippen molar-refractivity contribution in [3.63, 3.8) is 0 Å². The molecule has 1 heterocycles. The number of hydrogen-bond donors (Lipinski definition) is 2. The number of hydrazone groups is 1. The summed E-state index contributed by atoms with van der Waals surface area (Å²) in [5.41, 5.74) is 8.16. The molecule has 6 nitrogen and oxygen atoms in total. The van der Waals surface area contributed by atoms with Gasteiger partial charge in [0, 0.05) is 0 Å².